The van der Waals surface area contributed by atoms with Gasteiger partial charge in [-0.05, 0) is 25.0 Å². The van der Waals surface area contributed by atoms with Gasteiger partial charge in [0.05, 0.1) is 5.69 Å². The van der Waals surface area contributed by atoms with Crippen molar-refractivity contribution in [3.63, 3.8) is 0 Å². The van der Waals surface area contributed by atoms with Crippen LogP contribution in [0.3, 0.4) is 0 Å². The van der Waals surface area contributed by atoms with E-state index in [2.05, 4.69) is 13.8 Å². The third-order valence-corrected chi connectivity index (χ3v) is 3.58. The van der Waals surface area contributed by atoms with Gasteiger partial charge in [-0.25, -0.2) is 9.29 Å². The van der Waals surface area contributed by atoms with Gasteiger partial charge in [0.2, 0.25) is 11.8 Å². The number of unbranched alkanes of at least 4 members (excludes halogenated alkanes) is 4. The SMILES string of the molecule is CCCCCC(=O)N(C(=O)CCCCC)c1ccccc1F. The van der Waals surface area contributed by atoms with Crippen LogP contribution in [0.15, 0.2) is 24.3 Å². The molecule has 2 amide bonds. The highest BCUT2D eigenvalue weighted by Crippen LogP contribution is 2.22. The Labute approximate surface area is 132 Å². The molecule has 0 heterocycles. The topological polar surface area (TPSA) is 37.4 Å². The molecule has 0 atom stereocenters. The van der Waals surface area contributed by atoms with Crippen molar-refractivity contribution >= 4 is 17.5 Å². The third kappa shape index (κ3) is 5.58. The first-order chi connectivity index (χ1) is 10.6. The minimum absolute atomic E-state index is 0.0745. The number of imide groups is 1. The number of benzene rings is 1. The second kappa shape index (κ2) is 10.1. The summed E-state index contributed by atoms with van der Waals surface area (Å²) in [7, 11) is 0. The lowest BCUT2D eigenvalue weighted by Gasteiger charge is -2.21. The van der Waals surface area contributed by atoms with Crippen LogP contribution in [0, 0.1) is 5.82 Å². The summed E-state index contributed by atoms with van der Waals surface area (Å²) in [4.78, 5) is 25.8. The molecule has 122 valence electrons. The highest BCUT2D eigenvalue weighted by molar-refractivity contribution is 6.14. The number of rotatable bonds is 9. The largest absolute Gasteiger partial charge is 0.274 e. The molecule has 0 unspecified atom stereocenters. The zero-order valence-corrected chi connectivity index (χ0v) is 13.6. The van der Waals surface area contributed by atoms with Crippen molar-refractivity contribution in [1.29, 1.82) is 0 Å². The van der Waals surface area contributed by atoms with Gasteiger partial charge in [0.15, 0.2) is 0 Å². The number of anilines is 1. The summed E-state index contributed by atoms with van der Waals surface area (Å²) in [5.74, 6) is -1.14. The van der Waals surface area contributed by atoms with E-state index >= 15 is 0 Å². The van der Waals surface area contributed by atoms with Crippen molar-refractivity contribution in [2.45, 2.75) is 65.2 Å². The molecular weight excluding hydrogens is 281 g/mol. The van der Waals surface area contributed by atoms with Crippen molar-refractivity contribution < 1.29 is 14.0 Å². The zero-order valence-electron chi connectivity index (χ0n) is 13.6. The lowest BCUT2D eigenvalue weighted by Crippen LogP contribution is -2.37. The van der Waals surface area contributed by atoms with Crippen LogP contribution in [0.5, 0.6) is 0 Å². The Kier molecular flexibility index (Phi) is 8.41. The first-order valence-electron chi connectivity index (χ1n) is 8.22. The van der Waals surface area contributed by atoms with Crippen molar-refractivity contribution in [3.05, 3.63) is 30.1 Å². The molecule has 0 aliphatic carbocycles. The third-order valence-electron chi connectivity index (χ3n) is 3.58. The molecule has 1 rings (SSSR count). The molecule has 0 aliphatic heterocycles. The van der Waals surface area contributed by atoms with Gasteiger partial charge in [-0.2, -0.15) is 0 Å². The van der Waals surface area contributed by atoms with Crippen LogP contribution >= 0.6 is 0 Å². The summed E-state index contributed by atoms with van der Waals surface area (Å²) in [5.41, 5.74) is 0.0745. The molecule has 22 heavy (non-hydrogen) atoms. The van der Waals surface area contributed by atoms with Gasteiger partial charge in [-0.3, -0.25) is 9.59 Å². The molecule has 0 bridgehead atoms. The summed E-state index contributed by atoms with van der Waals surface area (Å²) in [5, 5.41) is 0. The monoisotopic (exact) mass is 307 g/mol. The number of carbonyl (C=O) groups is 2. The maximum absolute atomic E-state index is 14.0. The average molecular weight is 307 g/mol. The van der Waals surface area contributed by atoms with Crippen LogP contribution in [0.1, 0.15) is 65.2 Å². The molecular formula is C18H26FNO2. The maximum atomic E-state index is 14.0. The number of para-hydroxylation sites is 1. The van der Waals surface area contributed by atoms with E-state index in [4.69, 9.17) is 0 Å². The zero-order chi connectivity index (χ0) is 16.4. The van der Waals surface area contributed by atoms with E-state index in [1.165, 1.54) is 12.1 Å². The number of nitrogens with zero attached hydrogens (tertiary/aromatic N) is 1. The maximum Gasteiger partial charge on any atom is 0.233 e. The van der Waals surface area contributed by atoms with Crippen molar-refractivity contribution in [3.8, 4) is 0 Å². The van der Waals surface area contributed by atoms with Gasteiger partial charge in [0.1, 0.15) is 5.82 Å². The second-order valence-corrected chi connectivity index (χ2v) is 5.49. The Morgan fingerprint density at radius 3 is 1.86 bits per heavy atom. The first kappa shape index (κ1) is 18.3. The number of carbonyl (C=O) groups excluding carboxylic acids is 2. The first-order valence-corrected chi connectivity index (χ1v) is 8.22. The Bertz CT molecular complexity index is 466. The van der Waals surface area contributed by atoms with Gasteiger partial charge < -0.3 is 0 Å². The Morgan fingerprint density at radius 1 is 0.909 bits per heavy atom. The average Bonchev–Trinajstić information content (AvgIpc) is 2.50. The van der Waals surface area contributed by atoms with Crippen LogP contribution in [0.4, 0.5) is 10.1 Å². The van der Waals surface area contributed by atoms with E-state index in [0.29, 0.717) is 0 Å². The fraction of sp³-hybridized carbons (Fsp3) is 0.556. The summed E-state index contributed by atoms with van der Waals surface area (Å²) in [6, 6.07) is 5.97. The highest BCUT2D eigenvalue weighted by atomic mass is 19.1. The quantitative estimate of drug-likeness (QED) is 0.612. The molecule has 0 saturated carbocycles. The van der Waals surface area contributed by atoms with E-state index in [0.717, 1.165) is 43.4 Å². The van der Waals surface area contributed by atoms with Crippen LogP contribution in [0.2, 0.25) is 0 Å². The predicted octanol–water partition coefficient (Wildman–Crippen LogP) is 4.85. The molecule has 0 N–H and O–H groups in total. The standard InChI is InChI=1S/C18H26FNO2/c1-3-5-7-13-17(21)20(18(22)14-8-6-4-2)16-12-10-9-11-15(16)19/h9-12H,3-8,13-14H2,1-2H3. The van der Waals surface area contributed by atoms with Crippen LogP contribution in [-0.2, 0) is 9.59 Å². The molecule has 0 saturated heterocycles. The molecule has 0 radical (unpaired) electrons. The molecule has 0 aliphatic rings. The second-order valence-electron chi connectivity index (χ2n) is 5.49. The molecule has 1 aromatic rings. The van der Waals surface area contributed by atoms with E-state index in [-0.39, 0.29) is 30.3 Å². The Balaban J connectivity index is 2.87. The fourth-order valence-corrected chi connectivity index (χ4v) is 2.32. The minimum atomic E-state index is -0.532. The van der Waals surface area contributed by atoms with Crippen LogP contribution in [0.25, 0.3) is 0 Å². The molecule has 0 aromatic heterocycles. The lowest BCUT2D eigenvalue weighted by molar-refractivity contribution is -0.126. The van der Waals surface area contributed by atoms with Crippen molar-refractivity contribution in [1.82, 2.24) is 0 Å². The normalized spacial score (nSPS) is 10.5. The molecule has 3 nitrogen and oxygen atoms in total. The Hall–Kier alpha value is -1.71. The van der Waals surface area contributed by atoms with Crippen molar-refractivity contribution in [2.24, 2.45) is 0 Å². The van der Waals surface area contributed by atoms with Gasteiger partial charge in [-0.15, -0.1) is 0 Å². The number of hydrogen-bond acceptors (Lipinski definition) is 2. The molecule has 0 fully saturated rings. The van der Waals surface area contributed by atoms with E-state index in [9.17, 15) is 14.0 Å². The predicted molar refractivity (Wildman–Crippen MR) is 87.2 cm³/mol. The molecule has 1 aromatic carbocycles. The summed E-state index contributed by atoms with van der Waals surface area (Å²) in [6.45, 7) is 4.10. The van der Waals surface area contributed by atoms with Crippen LogP contribution < -0.4 is 4.90 Å². The molecule has 4 heteroatoms. The van der Waals surface area contributed by atoms with Crippen LogP contribution in [-0.4, -0.2) is 11.8 Å². The number of hydrogen-bond donors (Lipinski definition) is 0. The summed E-state index contributed by atoms with van der Waals surface area (Å²) >= 11 is 0. The van der Waals surface area contributed by atoms with Gasteiger partial charge in [0.25, 0.3) is 0 Å². The summed E-state index contributed by atoms with van der Waals surface area (Å²) < 4.78 is 14.0. The molecule has 0 spiro atoms. The summed E-state index contributed by atoms with van der Waals surface area (Å²) in [6.07, 6.45) is 5.87. The number of amides is 2. The smallest absolute Gasteiger partial charge is 0.233 e. The van der Waals surface area contributed by atoms with E-state index < -0.39 is 5.82 Å². The Morgan fingerprint density at radius 2 is 1.41 bits per heavy atom. The number of halogens is 1. The van der Waals surface area contributed by atoms with Gasteiger partial charge in [-0.1, -0.05) is 51.7 Å². The lowest BCUT2D eigenvalue weighted by atomic mass is 10.1. The van der Waals surface area contributed by atoms with E-state index in [1.807, 2.05) is 0 Å². The minimum Gasteiger partial charge on any atom is -0.274 e. The van der Waals surface area contributed by atoms with Crippen molar-refractivity contribution in [2.75, 3.05) is 4.90 Å². The van der Waals surface area contributed by atoms with Gasteiger partial charge >= 0.3 is 0 Å². The van der Waals surface area contributed by atoms with E-state index in [1.54, 1.807) is 12.1 Å². The highest BCUT2D eigenvalue weighted by Gasteiger charge is 2.24. The van der Waals surface area contributed by atoms with Gasteiger partial charge in [0, 0.05) is 12.8 Å². The fourth-order valence-electron chi connectivity index (χ4n) is 2.32.